The Morgan fingerprint density at radius 2 is 1.88 bits per heavy atom. The van der Waals surface area contributed by atoms with Gasteiger partial charge < -0.3 is 15.0 Å². The van der Waals surface area contributed by atoms with Gasteiger partial charge in [0.25, 0.3) is 0 Å². The number of amides is 2. The first kappa shape index (κ1) is 17.4. The number of rotatable bonds is 3. The second-order valence-electron chi connectivity index (χ2n) is 6.54. The van der Waals surface area contributed by atoms with Crippen molar-refractivity contribution in [2.45, 2.75) is 32.1 Å². The predicted octanol–water partition coefficient (Wildman–Crippen LogP) is 2.47. The molecule has 6 nitrogen and oxygen atoms in total. The van der Waals surface area contributed by atoms with Crippen LogP contribution in [0.3, 0.4) is 0 Å². The average molecular weight is 346 g/mol. The molecule has 3 rings (SSSR count). The van der Waals surface area contributed by atoms with Gasteiger partial charge in [0.05, 0.1) is 24.4 Å². The van der Waals surface area contributed by atoms with Crippen LogP contribution in [0.1, 0.15) is 31.0 Å². The minimum absolute atomic E-state index is 0.00263. The molecule has 2 heterocycles. The summed E-state index contributed by atoms with van der Waals surface area (Å²) in [5, 5.41) is 7.23. The van der Waals surface area contributed by atoms with Gasteiger partial charge in [-0.1, -0.05) is 12.1 Å². The predicted molar refractivity (Wildman–Crippen MR) is 91.6 cm³/mol. The minimum atomic E-state index is -0.393. The van der Waals surface area contributed by atoms with Crippen LogP contribution in [0.25, 0.3) is 0 Å². The van der Waals surface area contributed by atoms with E-state index in [9.17, 15) is 9.18 Å². The molecule has 2 aromatic rings. The third kappa shape index (κ3) is 4.17. The van der Waals surface area contributed by atoms with E-state index in [1.165, 1.54) is 12.1 Å². The first-order chi connectivity index (χ1) is 11.9. The van der Waals surface area contributed by atoms with Crippen LogP contribution in [0.4, 0.5) is 9.18 Å². The topological polar surface area (TPSA) is 59.4 Å². The molecule has 1 aliphatic heterocycles. The third-order valence-corrected chi connectivity index (χ3v) is 4.24. The highest BCUT2D eigenvalue weighted by molar-refractivity contribution is 5.75. The van der Waals surface area contributed by atoms with E-state index in [0.29, 0.717) is 13.1 Å². The van der Waals surface area contributed by atoms with Gasteiger partial charge in [0, 0.05) is 31.9 Å². The maximum Gasteiger partial charge on any atom is 0.318 e. The number of ether oxygens (including phenoxy) is 1. The summed E-state index contributed by atoms with van der Waals surface area (Å²) in [6.45, 7) is 4.99. The zero-order valence-corrected chi connectivity index (χ0v) is 14.6. The van der Waals surface area contributed by atoms with Crippen LogP contribution in [-0.2, 0) is 11.8 Å². The van der Waals surface area contributed by atoms with Crippen LogP contribution in [-0.4, -0.2) is 46.0 Å². The summed E-state index contributed by atoms with van der Waals surface area (Å²) in [4.78, 5) is 14.5. The quantitative estimate of drug-likeness (QED) is 0.929. The van der Waals surface area contributed by atoms with E-state index in [1.807, 2.05) is 27.1 Å². The van der Waals surface area contributed by atoms with Crippen LogP contribution in [0.15, 0.2) is 36.7 Å². The molecule has 0 spiro atoms. The van der Waals surface area contributed by atoms with Gasteiger partial charge in [-0.05, 0) is 31.5 Å². The summed E-state index contributed by atoms with van der Waals surface area (Å²) in [5.41, 5.74) is 1.65. The molecule has 1 aromatic heterocycles. The zero-order valence-electron chi connectivity index (χ0n) is 14.6. The van der Waals surface area contributed by atoms with Gasteiger partial charge in [-0.3, -0.25) is 4.68 Å². The number of morpholine rings is 1. The average Bonchev–Trinajstić information content (AvgIpc) is 2.98. The molecule has 0 radical (unpaired) electrons. The molecule has 2 amide bonds. The zero-order chi connectivity index (χ0) is 18.0. The molecule has 1 saturated heterocycles. The number of nitrogens with zero attached hydrogens (tertiary/aromatic N) is 3. The highest BCUT2D eigenvalue weighted by Gasteiger charge is 2.28. The van der Waals surface area contributed by atoms with E-state index < -0.39 is 6.04 Å². The molecule has 1 fully saturated rings. The van der Waals surface area contributed by atoms with Crippen LogP contribution in [0.5, 0.6) is 0 Å². The smallest absolute Gasteiger partial charge is 0.318 e. The van der Waals surface area contributed by atoms with Gasteiger partial charge in [0.15, 0.2) is 0 Å². The van der Waals surface area contributed by atoms with Gasteiger partial charge in [-0.2, -0.15) is 5.10 Å². The lowest BCUT2D eigenvalue weighted by atomic mass is 10.0. The Morgan fingerprint density at radius 1 is 1.24 bits per heavy atom. The van der Waals surface area contributed by atoms with E-state index in [4.69, 9.17) is 4.74 Å². The Bertz CT molecular complexity index is 721. The molecule has 3 atom stereocenters. The number of aromatic nitrogens is 2. The molecule has 7 heteroatoms. The molecular weight excluding hydrogens is 323 g/mol. The van der Waals surface area contributed by atoms with E-state index in [1.54, 1.807) is 27.9 Å². The van der Waals surface area contributed by atoms with E-state index in [-0.39, 0.29) is 24.1 Å². The SMILES string of the molecule is C[C@@H]1CN(C(=O)N[C@H](c2ccc(F)cc2)c2cnn(C)c2)C[C@H](C)O1. The molecule has 1 N–H and O–H groups in total. The number of aryl methyl sites for hydroxylation is 1. The number of carbonyl (C=O) groups is 1. The first-order valence-corrected chi connectivity index (χ1v) is 8.37. The molecule has 1 aromatic carbocycles. The van der Waals surface area contributed by atoms with Crippen LogP contribution in [0.2, 0.25) is 0 Å². The Labute approximate surface area is 146 Å². The standard InChI is InChI=1S/C18H23FN4O2/c1-12-9-23(10-13(2)25-12)18(24)21-17(15-8-20-22(3)11-15)14-4-6-16(19)7-5-14/h4-8,11-13,17H,9-10H2,1-3H3,(H,21,24)/t12-,13+,17-/m1/s1. The van der Waals surface area contributed by atoms with Gasteiger partial charge in [0.1, 0.15) is 5.82 Å². The molecule has 0 saturated carbocycles. The van der Waals surface area contributed by atoms with E-state index in [0.717, 1.165) is 11.1 Å². The lowest BCUT2D eigenvalue weighted by Gasteiger charge is -2.36. The number of urea groups is 1. The number of hydrogen-bond acceptors (Lipinski definition) is 3. The van der Waals surface area contributed by atoms with Crippen molar-refractivity contribution in [2.24, 2.45) is 7.05 Å². The van der Waals surface area contributed by atoms with Crippen molar-refractivity contribution in [3.8, 4) is 0 Å². The van der Waals surface area contributed by atoms with Crippen molar-refractivity contribution in [2.75, 3.05) is 13.1 Å². The van der Waals surface area contributed by atoms with Crippen molar-refractivity contribution in [1.29, 1.82) is 0 Å². The molecule has 0 aliphatic carbocycles. The number of nitrogens with one attached hydrogen (secondary N) is 1. The minimum Gasteiger partial charge on any atom is -0.372 e. The lowest BCUT2D eigenvalue weighted by Crippen LogP contribution is -2.52. The highest BCUT2D eigenvalue weighted by atomic mass is 19.1. The summed E-state index contributed by atoms with van der Waals surface area (Å²) >= 11 is 0. The van der Waals surface area contributed by atoms with Crippen molar-refractivity contribution >= 4 is 6.03 Å². The van der Waals surface area contributed by atoms with Crippen molar-refractivity contribution in [3.05, 3.63) is 53.6 Å². The molecule has 134 valence electrons. The van der Waals surface area contributed by atoms with Gasteiger partial charge >= 0.3 is 6.03 Å². The molecule has 0 unspecified atom stereocenters. The monoisotopic (exact) mass is 346 g/mol. The maximum atomic E-state index is 13.3. The fraction of sp³-hybridized carbons (Fsp3) is 0.444. The molecular formula is C18H23FN4O2. The maximum absolute atomic E-state index is 13.3. The van der Waals surface area contributed by atoms with Crippen molar-refractivity contribution < 1.29 is 13.9 Å². The number of carbonyl (C=O) groups excluding carboxylic acids is 1. The summed E-state index contributed by atoms with van der Waals surface area (Å²) in [5.74, 6) is -0.309. The fourth-order valence-electron chi connectivity index (χ4n) is 3.16. The van der Waals surface area contributed by atoms with Crippen LogP contribution >= 0.6 is 0 Å². The van der Waals surface area contributed by atoms with E-state index >= 15 is 0 Å². The Hall–Kier alpha value is -2.41. The Morgan fingerprint density at radius 3 is 2.44 bits per heavy atom. The van der Waals surface area contributed by atoms with Gasteiger partial charge in [-0.25, -0.2) is 9.18 Å². The van der Waals surface area contributed by atoms with Crippen LogP contribution in [0, 0.1) is 5.82 Å². The Kier molecular flexibility index (Phi) is 5.03. The highest BCUT2D eigenvalue weighted by Crippen LogP contribution is 2.23. The second kappa shape index (κ2) is 7.23. The van der Waals surface area contributed by atoms with Crippen molar-refractivity contribution in [3.63, 3.8) is 0 Å². The molecule has 1 aliphatic rings. The number of halogens is 1. The largest absolute Gasteiger partial charge is 0.372 e. The summed E-state index contributed by atoms with van der Waals surface area (Å²) in [7, 11) is 1.82. The van der Waals surface area contributed by atoms with Gasteiger partial charge in [0.2, 0.25) is 0 Å². The van der Waals surface area contributed by atoms with E-state index in [2.05, 4.69) is 10.4 Å². The first-order valence-electron chi connectivity index (χ1n) is 8.37. The third-order valence-electron chi connectivity index (χ3n) is 4.24. The number of hydrogen-bond donors (Lipinski definition) is 1. The fourth-order valence-corrected chi connectivity index (χ4v) is 3.16. The summed E-state index contributed by atoms with van der Waals surface area (Å²) < 4.78 is 20.6. The lowest BCUT2D eigenvalue weighted by molar-refractivity contribution is -0.0546. The molecule has 0 bridgehead atoms. The van der Waals surface area contributed by atoms with Gasteiger partial charge in [-0.15, -0.1) is 0 Å². The molecule has 25 heavy (non-hydrogen) atoms. The second-order valence-corrected chi connectivity index (χ2v) is 6.54. The summed E-state index contributed by atoms with van der Waals surface area (Å²) in [6.07, 6.45) is 3.55. The number of benzene rings is 1. The normalized spacial score (nSPS) is 21.8. The van der Waals surface area contributed by atoms with Crippen LogP contribution < -0.4 is 5.32 Å². The Balaban J connectivity index is 1.82. The summed E-state index contributed by atoms with van der Waals surface area (Å²) in [6, 6.07) is 5.58. The van der Waals surface area contributed by atoms with Crippen molar-refractivity contribution in [1.82, 2.24) is 20.0 Å².